The zero-order chi connectivity index (χ0) is 20.3. The first-order valence-electron chi connectivity index (χ1n) is 10.9. The monoisotopic (exact) mass is 404 g/mol. The fourth-order valence-corrected chi connectivity index (χ4v) is 4.54. The molecule has 0 unspecified atom stereocenters. The third-order valence-corrected chi connectivity index (χ3v) is 6.33. The molecular weight excluding hydrogens is 376 g/mol. The summed E-state index contributed by atoms with van der Waals surface area (Å²) in [6.45, 7) is 6.15. The standard InChI is InChI=1S/C24H28N4O2/c29-23(27-16-14-26(15-17-27)18-19-6-2-1-3-7-19)20-10-12-28(13-11-20)24-25-21-8-4-5-9-22(21)30-24/h1-9,20H,10-18H2. The number of hydrogen-bond acceptors (Lipinski definition) is 5. The minimum atomic E-state index is 0.117. The van der Waals surface area contributed by atoms with Gasteiger partial charge in [-0.25, -0.2) is 0 Å². The second-order valence-corrected chi connectivity index (χ2v) is 8.31. The van der Waals surface area contributed by atoms with Gasteiger partial charge < -0.3 is 14.2 Å². The van der Waals surface area contributed by atoms with Crippen LogP contribution in [-0.2, 0) is 11.3 Å². The van der Waals surface area contributed by atoms with Gasteiger partial charge in [-0.2, -0.15) is 4.98 Å². The van der Waals surface area contributed by atoms with Crippen LogP contribution in [0.25, 0.3) is 11.1 Å². The molecule has 6 heteroatoms. The lowest BCUT2D eigenvalue weighted by Crippen LogP contribution is -2.51. The minimum Gasteiger partial charge on any atom is -0.423 e. The van der Waals surface area contributed by atoms with Gasteiger partial charge in [-0.1, -0.05) is 42.5 Å². The molecule has 1 amide bonds. The Kier molecular flexibility index (Phi) is 5.41. The molecule has 2 aliphatic heterocycles. The fourth-order valence-electron chi connectivity index (χ4n) is 4.54. The zero-order valence-corrected chi connectivity index (χ0v) is 17.2. The molecule has 2 aromatic carbocycles. The van der Waals surface area contributed by atoms with Crippen LogP contribution in [0.2, 0.25) is 0 Å². The smallest absolute Gasteiger partial charge is 0.298 e. The van der Waals surface area contributed by atoms with Crippen molar-refractivity contribution >= 4 is 23.0 Å². The Morgan fingerprint density at radius 1 is 0.900 bits per heavy atom. The average Bonchev–Trinajstić information content (AvgIpc) is 3.24. The Labute approximate surface area is 177 Å². The SMILES string of the molecule is O=C(C1CCN(c2nc3ccccc3o2)CC1)N1CCN(Cc2ccccc2)CC1. The Balaban J connectivity index is 1.12. The number of carbonyl (C=O) groups is 1. The molecule has 5 rings (SSSR count). The van der Waals surface area contributed by atoms with Crippen LogP contribution in [0, 0.1) is 5.92 Å². The summed E-state index contributed by atoms with van der Waals surface area (Å²) in [5.41, 5.74) is 3.04. The maximum atomic E-state index is 13.1. The van der Waals surface area contributed by atoms with Crippen molar-refractivity contribution in [3.8, 4) is 0 Å². The summed E-state index contributed by atoms with van der Waals surface area (Å²) in [6.07, 6.45) is 1.73. The molecule has 0 bridgehead atoms. The summed E-state index contributed by atoms with van der Waals surface area (Å²) in [5, 5.41) is 0. The van der Waals surface area contributed by atoms with E-state index < -0.39 is 0 Å². The summed E-state index contributed by atoms with van der Waals surface area (Å²) in [7, 11) is 0. The highest BCUT2D eigenvalue weighted by molar-refractivity contribution is 5.79. The summed E-state index contributed by atoms with van der Waals surface area (Å²) in [4.78, 5) is 24.3. The van der Waals surface area contributed by atoms with Crippen LogP contribution in [0.1, 0.15) is 18.4 Å². The van der Waals surface area contributed by atoms with Crippen molar-refractivity contribution in [2.45, 2.75) is 19.4 Å². The fraction of sp³-hybridized carbons (Fsp3) is 0.417. The van der Waals surface area contributed by atoms with Crippen LogP contribution >= 0.6 is 0 Å². The first-order chi connectivity index (χ1) is 14.8. The summed E-state index contributed by atoms with van der Waals surface area (Å²) in [6, 6.07) is 19.1. The summed E-state index contributed by atoms with van der Waals surface area (Å²) >= 11 is 0. The Morgan fingerprint density at radius 2 is 1.60 bits per heavy atom. The van der Waals surface area contributed by atoms with Crippen molar-refractivity contribution in [3.63, 3.8) is 0 Å². The van der Waals surface area contributed by atoms with Gasteiger partial charge in [0, 0.05) is 51.7 Å². The van der Waals surface area contributed by atoms with E-state index in [1.165, 1.54) is 5.56 Å². The molecule has 0 radical (unpaired) electrons. The number of rotatable bonds is 4. The molecular formula is C24H28N4O2. The minimum absolute atomic E-state index is 0.117. The molecule has 0 atom stereocenters. The largest absolute Gasteiger partial charge is 0.423 e. The van der Waals surface area contributed by atoms with E-state index in [-0.39, 0.29) is 5.92 Å². The topological polar surface area (TPSA) is 52.8 Å². The number of benzene rings is 2. The second kappa shape index (κ2) is 8.48. The van der Waals surface area contributed by atoms with Gasteiger partial charge in [0.2, 0.25) is 5.91 Å². The van der Waals surface area contributed by atoms with Gasteiger partial charge >= 0.3 is 0 Å². The number of anilines is 1. The molecule has 0 aliphatic carbocycles. The van der Waals surface area contributed by atoms with E-state index in [0.29, 0.717) is 11.9 Å². The van der Waals surface area contributed by atoms with Crippen molar-refractivity contribution in [1.82, 2.24) is 14.8 Å². The van der Waals surface area contributed by atoms with Crippen LogP contribution in [0.15, 0.2) is 59.0 Å². The average molecular weight is 405 g/mol. The molecule has 0 saturated carbocycles. The number of para-hydroxylation sites is 2. The van der Waals surface area contributed by atoms with Gasteiger partial charge in [0.05, 0.1) is 0 Å². The molecule has 2 saturated heterocycles. The lowest BCUT2D eigenvalue weighted by molar-refractivity contribution is -0.138. The number of amides is 1. The predicted molar refractivity (Wildman–Crippen MR) is 117 cm³/mol. The Hall–Kier alpha value is -2.86. The summed E-state index contributed by atoms with van der Waals surface area (Å²) < 4.78 is 5.89. The lowest BCUT2D eigenvalue weighted by Gasteiger charge is -2.38. The van der Waals surface area contributed by atoms with Gasteiger partial charge in [0.1, 0.15) is 5.52 Å². The van der Waals surface area contributed by atoms with E-state index in [9.17, 15) is 4.79 Å². The number of piperidine rings is 1. The highest BCUT2D eigenvalue weighted by atomic mass is 16.4. The molecule has 1 aromatic heterocycles. The van der Waals surface area contributed by atoms with E-state index in [2.05, 4.69) is 50.0 Å². The highest BCUT2D eigenvalue weighted by Gasteiger charge is 2.31. The molecule has 30 heavy (non-hydrogen) atoms. The quantitative estimate of drug-likeness (QED) is 0.667. The van der Waals surface area contributed by atoms with Crippen molar-refractivity contribution in [1.29, 1.82) is 0 Å². The number of oxazole rings is 1. The zero-order valence-electron chi connectivity index (χ0n) is 17.2. The van der Waals surface area contributed by atoms with E-state index in [4.69, 9.17) is 4.42 Å². The molecule has 3 aromatic rings. The van der Waals surface area contributed by atoms with Crippen molar-refractivity contribution < 1.29 is 9.21 Å². The van der Waals surface area contributed by atoms with Gasteiger partial charge in [-0.15, -0.1) is 0 Å². The second-order valence-electron chi connectivity index (χ2n) is 8.31. The summed E-state index contributed by atoms with van der Waals surface area (Å²) in [5.74, 6) is 0.442. The van der Waals surface area contributed by atoms with Crippen LogP contribution in [0.3, 0.4) is 0 Å². The number of nitrogens with zero attached hydrogens (tertiary/aromatic N) is 4. The normalized spacial score (nSPS) is 18.8. The van der Waals surface area contributed by atoms with Crippen LogP contribution in [-0.4, -0.2) is 60.0 Å². The third kappa shape index (κ3) is 4.05. The molecule has 6 nitrogen and oxygen atoms in total. The molecule has 2 fully saturated rings. The number of piperazine rings is 1. The van der Waals surface area contributed by atoms with Gasteiger partial charge in [-0.3, -0.25) is 9.69 Å². The van der Waals surface area contributed by atoms with Crippen LogP contribution in [0.4, 0.5) is 6.01 Å². The lowest BCUT2D eigenvalue weighted by atomic mass is 9.95. The Bertz CT molecular complexity index is 954. The Morgan fingerprint density at radius 3 is 2.33 bits per heavy atom. The van der Waals surface area contributed by atoms with Crippen molar-refractivity contribution in [3.05, 3.63) is 60.2 Å². The van der Waals surface area contributed by atoms with Crippen LogP contribution < -0.4 is 4.90 Å². The number of carbonyl (C=O) groups excluding carboxylic acids is 1. The number of fused-ring (bicyclic) bond motifs is 1. The number of hydrogen-bond donors (Lipinski definition) is 0. The molecule has 156 valence electrons. The molecule has 2 aliphatic rings. The maximum Gasteiger partial charge on any atom is 0.298 e. The van der Waals surface area contributed by atoms with E-state index in [1.54, 1.807) is 0 Å². The van der Waals surface area contributed by atoms with Gasteiger partial charge in [0.15, 0.2) is 5.58 Å². The van der Waals surface area contributed by atoms with E-state index >= 15 is 0 Å². The molecule has 3 heterocycles. The van der Waals surface area contributed by atoms with Gasteiger partial charge in [-0.05, 0) is 30.5 Å². The molecule has 0 spiro atoms. The van der Waals surface area contributed by atoms with E-state index in [1.807, 2.05) is 24.3 Å². The van der Waals surface area contributed by atoms with Crippen LogP contribution in [0.5, 0.6) is 0 Å². The van der Waals surface area contributed by atoms with Crippen molar-refractivity contribution in [2.75, 3.05) is 44.2 Å². The van der Waals surface area contributed by atoms with Crippen molar-refractivity contribution in [2.24, 2.45) is 5.92 Å². The highest BCUT2D eigenvalue weighted by Crippen LogP contribution is 2.27. The van der Waals surface area contributed by atoms with E-state index in [0.717, 1.165) is 69.8 Å². The first kappa shape index (κ1) is 19.1. The number of aromatic nitrogens is 1. The maximum absolute atomic E-state index is 13.1. The molecule has 0 N–H and O–H groups in total. The predicted octanol–water partition coefficient (Wildman–Crippen LogP) is 3.39. The third-order valence-electron chi connectivity index (χ3n) is 6.33. The first-order valence-corrected chi connectivity index (χ1v) is 10.9. The van der Waals surface area contributed by atoms with Gasteiger partial charge in [0.25, 0.3) is 6.01 Å².